The standard InChI is InChI=1S/C12H21NO7P2/c1-9(2)10-3-4-12(14)11(5-10)6-13(7-21(15,16)17)8-22(18,19)20/h3-5,9,14H,6-8H2,1-2H3,(H2,15,16,17)(H2,18,19,20). The van der Waals surface area contributed by atoms with Crippen molar-refractivity contribution in [1.82, 2.24) is 4.90 Å². The minimum Gasteiger partial charge on any atom is -0.508 e. The van der Waals surface area contributed by atoms with Crippen LogP contribution in [0.5, 0.6) is 5.75 Å². The SMILES string of the molecule is CC(C)c1ccc(O)c(CN(CP(=O)(O)O)CP(=O)(O)O)c1. The number of hydrogen-bond acceptors (Lipinski definition) is 4. The van der Waals surface area contributed by atoms with Crippen LogP contribution in [0.1, 0.15) is 30.9 Å². The number of aromatic hydroxyl groups is 1. The Balaban J connectivity index is 3.05. The molecule has 0 heterocycles. The van der Waals surface area contributed by atoms with E-state index in [1.165, 1.54) is 6.07 Å². The van der Waals surface area contributed by atoms with E-state index in [2.05, 4.69) is 0 Å². The highest BCUT2D eigenvalue weighted by molar-refractivity contribution is 7.52. The average Bonchev–Trinajstić information content (AvgIpc) is 2.27. The molecule has 0 aromatic heterocycles. The van der Waals surface area contributed by atoms with E-state index in [-0.39, 0.29) is 18.2 Å². The summed E-state index contributed by atoms with van der Waals surface area (Å²) in [6.45, 7) is 3.71. The second kappa shape index (κ2) is 7.23. The van der Waals surface area contributed by atoms with Crippen LogP contribution in [-0.4, -0.2) is 42.2 Å². The Morgan fingerprint density at radius 3 is 1.95 bits per heavy atom. The van der Waals surface area contributed by atoms with Gasteiger partial charge in [-0.3, -0.25) is 14.0 Å². The summed E-state index contributed by atoms with van der Waals surface area (Å²) in [5.74, 6) is 0.0854. The second-order valence-electron chi connectivity index (χ2n) is 5.48. The van der Waals surface area contributed by atoms with Crippen molar-refractivity contribution in [1.29, 1.82) is 0 Å². The van der Waals surface area contributed by atoms with Crippen molar-refractivity contribution in [3.05, 3.63) is 29.3 Å². The molecule has 0 unspecified atom stereocenters. The van der Waals surface area contributed by atoms with E-state index in [1.54, 1.807) is 12.1 Å². The van der Waals surface area contributed by atoms with E-state index in [9.17, 15) is 14.2 Å². The van der Waals surface area contributed by atoms with Crippen molar-refractivity contribution in [2.75, 3.05) is 12.6 Å². The van der Waals surface area contributed by atoms with Crippen LogP contribution in [0, 0.1) is 0 Å². The van der Waals surface area contributed by atoms with Crippen LogP contribution in [0.4, 0.5) is 0 Å². The van der Waals surface area contributed by atoms with Crippen LogP contribution in [-0.2, 0) is 15.7 Å². The van der Waals surface area contributed by atoms with E-state index in [4.69, 9.17) is 19.6 Å². The first-order valence-electron chi connectivity index (χ1n) is 6.50. The van der Waals surface area contributed by atoms with Crippen molar-refractivity contribution < 1.29 is 33.8 Å². The Morgan fingerprint density at radius 2 is 1.55 bits per heavy atom. The zero-order valence-corrected chi connectivity index (χ0v) is 14.1. The van der Waals surface area contributed by atoms with Gasteiger partial charge in [0.1, 0.15) is 18.3 Å². The first kappa shape index (κ1) is 19.3. The maximum absolute atomic E-state index is 11.1. The lowest BCUT2D eigenvalue weighted by Crippen LogP contribution is -2.25. The van der Waals surface area contributed by atoms with Crippen molar-refractivity contribution in [2.24, 2.45) is 0 Å². The lowest BCUT2D eigenvalue weighted by Gasteiger charge is -2.23. The molecule has 0 aliphatic rings. The van der Waals surface area contributed by atoms with Crippen LogP contribution in [0.2, 0.25) is 0 Å². The molecule has 0 fully saturated rings. The molecule has 0 radical (unpaired) electrons. The predicted octanol–water partition coefficient (Wildman–Crippen LogP) is 1.59. The molecule has 1 rings (SSSR count). The molecule has 1 aromatic carbocycles. The van der Waals surface area contributed by atoms with Gasteiger partial charge in [0, 0.05) is 12.1 Å². The first-order valence-corrected chi connectivity index (χ1v) is 10.1. The van der Waals surface area contributed by atoms with Gasteiger partial charge in [-0.1, -0.05) is 26.0 Å². The van der Waals surface area contributed by atoms with Gasteiger partial charge >= 0.3 is 15.2 Å². The van der Waals surface area contributed by atoms with Crippen LogP contribution in [0.3, 0.4) is 0 Å². The largest absolute Gasteiger partial charge is 0.508 e. The summed E-state index contributed by atoms with van der Waals surface area (Å²) in [7, 11) is -8.98. The predicted molar refractivity (Wildman–Crippen MR) is 81.6 cm³/mol. The van der Waals surface area contributed by atoms with Gasteiger partial charge in [-0.25, -0.2) is 0 Å². The topological polar surface area (TPSA) is 139 Å². The lowest BCUT2D eigenvalue weighted by atomic mass is 10.00. The molecule has 0 aliphatic heterocycles. The number of rotatable bonds is 7. The highest BCUT2D eigenvalue weighted by Crippen LogP contribution is 2.41. The highest BCUT2D eigenvalue weighted by Gasteiger charge is 2.26. The van der Waals surface area contributed by atoms with Crippen LogP contribution >= 0.6 is 15.2 Å². The van der Waals surface area contributed by atoms with E-state index in [1.807, 2.05) is 13.8 Å². The smallest absolute Gasteiger partial charge is 0.339 e. The van der Waals surface area contributed by atoms with Crippen molar-refractivity contribution >= 4 is 15.2 Å². The minimum atomic E-state index is -4.49. The Morgan fingerprint density at radius 1 is 1.05 bits per heavy atom. The quantitative estimate of drug-likeness (QED) is 0.466. The maximum atomic E-state index is 11.1. The molecule has 0 spiro atoms. The summed E-state index contributed by atoms with van der Waals surface area (Å²) in [4.78, 5) is 37.1. The normalized spacial score (nSPS) is 13.1. The molecular formula is C12H21NO7P2. The molecule has 0 atom stereocenters. The van der Waals surface area contributed by atoms with Gasteiger partial charge in [-0.15, -0.1) is 0 Å². The molecule has 0 amide bonds. The molecule has 126 valence electrons. The first-order chi connectivity index (χ1) is 9.87. The summed E-state index contributed by atoms with van der Waals surface area (Å²) >= 11 is 0. The van der Waals surface area contributed by atoms with Crippen LogP contribution < -0.4 is 0 Å². The van der Waals surface area contributed by atoms with Gasteiger partial charge in [0.2, 0.25) is 0 Å². The third kappa shape index (κ3) is 7.03. The fraction of sp³-hybridized carbons (Fsp3) is 0.500. The van der Waals surface area contributed by atoms with Gasteiger partial charge in [0.15, 0.2) is 0 Å². The van der Waals surface area contributed by atoms with Crippen molar-refractivity contribution in [2.45, 2.75) is 26.3 Å². The third-order valence-electron chi connectivity index (χ3n) is 2.93. The molecule has 5 N–H and O–H groups in total. The summed E-state index contributed by atoms with van der Waals surface area (Å²) in [5.41, 5.74) is 1.26. The molecule has 0 bridgehead atoms. The molecule has 0 saturated carbocycles. The van der Waals surface area contributed by atoms with Gasteiger partial charge in [0.25, 0.3) is 0 Å². The van der Waals surface area contributed by atoms with E-state index < -0.39 is 27.8 Å². The number of phenols is 1. The zero-order valence-electron chi connectivity index (χ0n) is 12.3. The summed E-state index contributed by atoms with van der Waals surface area (Å²) in [5, 5.41) is 9.85. The molecule has 0 aliphatic carbocycles. The number of phenolic OH excluding ortho intramolecular Hbond substituents is 1. The van der Waals surface area contributed by atoms with Crippen LogP contribution in [0.15, 0.2) is 18.2 Å². The maximum Gasteiger partial charge on any atom is 0.339 e. The zero-order chi connectivity index (χ0) is 17.1. The Hall–Kier alpha value is -0.720. The Bertz CT molecular complexity index is 583. The van der Waals surface area contributed by atoms with Gasteiger partial charge < -0.3 is 24.7 Å². The molecule has 10 heteroatoms. The fourth-order valence-electron chi connectivity index (χ4n) is 2.00. The number of nitrogens with zero attached hydrogens (tertiary/aromatic N) is 1. The summed E-state index contributed by atoms with van der Waals surface area (Å²) < 4.78 is 22.2. The molecule has 22 heavy (non-hydrogen) atoms. The van der Waals surface area contributed by atoms with E-state index >= 15 is 0 Å². The van der Waals surface area contributed by atoms with Crippen LogP contribution in [0.25, 0.3) is 0 Å². The molecule has 0 saturated heterocycles. The fourth-order valence-corrected chi connectivity index (χ4v) is 3.60. The monoisotopic (exact) mass is 353 g/mol. The summed E-state index contributed by atoms with van der Waals surface area (Å²) in [6, 6.07) is 4.84. The Labute approximate surface area is 128 Å². The van der Waals surface area contributed by atoms with Crippen molar-refractivity contribution in [3.8, 4) is 5.75 Å². The number of benzene rings is 1. The van der Waals surface area contributed by atoms with Gasteiger partial charge in [-0.05, 0) is 17.5 Å². The third-order valence-corrected chi connectivity index (χ3v) is 4.47. The number of hydrogen-bond donors (Lipinski definition) is 5. The Kier molecular flexibility index (Phi) is 6.36. The van der Waals surface area contributed by atoms with Crippen molar-refractivity contribution in [3.63, 3.8) is 0 Å². The van der Waals surface area contributed by atoms with Gasteiger partial charge in [-0.2, -0.15) is 0 Å². The van der Waals surface area contributed by atoms with E-state index in [0.29, 0.717) is 5.56 Å². The van der Waals surface area contributed by atoms with Gasteiger partial charge in [0.05, 0.1) is 0 Å². The molecule has 8 nitrogen and oxygen atoms in total. The minimum absolute atomic E-state index is 0.0918. The molecular weight excluding hydrogens is 332 g/mol. The highest BCUT2D eigenvalue weighted by atomic mass is 31.2. The lowest BCUT2D eigenvalue weighted by molar-refractivity contribution is 0.270. The second-order valence-corrected chi connectivity index (χ2v) is 8.71. The molecule has 1 aromatic rings. The average molecular weight is 353 g/mol. The van der Waals surface area contributed by atoms with E-state index in [0.717, 1.165) is 10.5 Å². The summed E-state index contributed by atoms with van der Waals surface area (Å²) in [6.07, 6.45) is -1.60.